The van der Waals surface area contributed by atoms with Crippen molar-refractivity contribution in [3.8, 4) is 17.2 Å². The fourth-order valence-corrected chi connectivity index (χ4v) is 5.71. The molecule has 0 aliphatic carbocycles. The molecule has 1 aliphatic heterocycles. The lowest BCUT2D eigenvalue weighted by Gasteiger charge is -2.24. The molecule has 0 bridgehead atoms. The predicted octanol–water partition coefficient (Wildman–Crippen LogP) is 9.46. The smallest absolute Gasteiger partial charge is 0.149 e. The molecule has 1 heterocycles. The molecule has 0 unspecified atom stereocenters. The molecule has 0 fully saturated rings. The van der Waals surface area contributed by atoms with Crippen molar-refractivity contribution in [2.24, 2.45) is 0 Å². The van der Waals surface area contributed by atoms with E-state index in [2.05, 4.69) is 89.3 Å². The van der Waals surface area contributed by atoms with Gasteiger partial charge in [-0.25, -0.2) is 0 Å². The number of hydrogen-bond acceptors (Lipinski definition) is 4. The standard InChI is InChI=1S/C34H25IO3S/c35-28-16-14-26(15-17-28)33-34(27-12-7-13-29(20-27)36-22-24-8-3-1-4-9-24)39-32-21-30(18-19-31(32)38-33)37-23-25-10-5-2-6-11-25/h1-21H,22-23H2. The molecule has 39 heavy (non-hydrogen) atoms. The molecule has 1 aliphatic rings. The molecule has 5 aromatic carbocycles. The quantitative estimate of drug-likeness (QED) is 0.158. The van der Waals surface area contributed by atoms with Crippen LogP contribution in [-0.2, 0) is 13.2 Å². The van der Waals surface area contributed by atoms with E-state index in [4.69, 9.17) is 14.2 Å². The SMILES string of the molecule is Ic1ccc(C2=C(c3cccc(OCc4ccccc4)c3)Sc3cc(OCc4ccccc4)ccc3O2)cc1. The number of halogens is 1. The van der Waals surface area contributed by atoms with Crippen molar-refractivity contribution in [1.29, 1.82) is 0 Å². The van der Waals surface area contributed by atoms with Crippen LogP contribution in [0.4, 0.5) is 0 Å². The number of fused-ring (bicyclic) bond motifs is 1. The predicted molar refractivity (Wildman–Crippen MR) is 167 cm³/mol. The molecule has 0 N–H and O–H groups in total. The van der Waals surface area contributed by atoms with Gasteiger partial charge in [-0.2, -0.15) is 0 Å². The molecule has 3 nitrogen and oxygen atoms in total. The summed E-state index contributed by atoms with van der Waals surface area (Å²) < 4.78 is 20.0. The Morgan fingerprint density at radius 2 is 1.23 bits per heavy atom. The van der Waals surface area contributed by atoms with Crippen molar-refractivity contribution < 1.29 is 14.2 Å². The summed E-state index contributed by atoms with van der Waals surface area (Å²) in [5.41, 5.74) is 4.34. The summed E-state index contributed by atoms with van der Waals surface area (Å²) in [6, 6.07) is 43.1. The first-order valence-corrected chi connectivity index (χ1v) is 14.5. The van der Waals surface area contributed by atoms with Gasteiger partial charge in [0, 0.05) is 9.13 Å². The number of thioether (sulfide) groups is 1. The van der Waals surface area contributed by atoms with Gasteiger partial charge in [-0.05, 0) is 81.7 Å². The lowest BCUT2D eigenvalue weighted by atomic mass is 10.1. The first kappa shape index (κ1) is 25.6. The Balaban J connectivity index is 1.30. The van der Waals surface area contributed by atoms with Gasteiger partial charge in [0.25, 0.3) is 0 Å². The zero-order valence-corrected chi connectivity index (χ0v) is 24.0. The third-order valence-electron chi connectivity index (χ3n) is 6.24. The average Bonchev–Trinajstić information content (AvgIpc) is 3.00. The molecule has 0 saturated carbocycles. The number of benzene rings is 5. The fourth-order valence-electron chi connectivity index (χ4n) is 4.25. The van der Waals surface area contributed by atoms with Crippen LogP contribution in [0.1, 0.15) is 22.3 Å². The van der Waals surface area contributed by atoms with Crippen LogP contribution >= 0.6 is 34.4 Å². The van der Waals surface area contributed by atoms with Gasteiger partial charge < -0.3 is 14.2 Å². The first-order valence-electron chi connectivity index (χ1n) is 12.7. The summed E-state index contributed by atoms with van der Waals surface area (Å²) in [4.78, 5) is 2.05. The third kappa shape index (κ3) is 6.32. The molecule has 0 amide bonds. The molecule has 0 aromatic heterocycles. The van der Waals surface area contributed by atoms with Crippen molar-refractivity contribution in [3.63, 3.8) is 0 Å². The lowest BCUT2D eigenvalue weighted by molar-refractivity contribution is 0.305. The highest BCUT2D eigenvalue weighted by molar-refractivity contribution is 14.1. The van der Waals surface area contributed by atoms with Gasteiger partial charge in [0.2, 0.25) is 0 Å². The molecule has 0 spiro atoms. The summed E-state index contributed by atoms with van der Waals surface area (Å²) in [7, 11) is 0. The van der Waals surface area contributed by atoms with Crippen LogP contribution in [0.5, 0.6) is 17.2 Å². The van der Waals surface area contributed by atoms with Crippen LogP contribution in [0, 0.1) is 3.57 Å². The molecule has 5 heteroatoms. The van der Waals surface area contributed by atoms with E-state index in [1.165, 1.54) is 3.57 Å². The summed E-state index contributed by atoms with van der Waals surface area (Å²) in [6.07, 6.45) is 0. The van der Waals surface area contributed by atoms with Crippen molar-refractivity contribution >= 4 is 45.0 Å². The van der Waals surface area contributed by atoms with E-state index < -0.39 is 0 Å². The highest BCUT2D eigenvalue weighted by Gasteiger charge is 2.24. The second-order valence-corrected chi connectivity index (χ2v) is 11.4. The van der Waals surface area contributed by atoms with Crippen LogP contribution < -0.4 is 14.2 Å². The molecule has 192 valence electrons. The Morgan fingerprint density at radius 1 is 0.590 bits per heavy atom. The number of ether oxygens (including phenoxy) is 3. The maximum absolute atomic E-state index is 6.57. The minimum Gasteiger partial charge on any atom is -0.489 e. The first-order chi connectivity index (χ1) is 19.2. The van der Waals surface area contributed by atoms with Crippen molar-refractivity contribution in [1.82, 2.24) is 0 Å². The molecule has 6 rings (SSSR count). The minimum atomic E-state index is 0.516. The maximum Gasteiger partial charge on any atom is 0.149 e. The van der Waals surface area contributed by atoms with Crippen molar-refractivity contribution in [2.45, 2.75) is 18.1 Å². The summed E-state index contributed by atoms with van der Waals surface area (Å²) >= 11 is 4.02. The fraction of sp³-hybridized carbons (Fsp3) is 0.0588. The Kier molecular flexibility index (Phi) is 7.88. The highest BCUT2D eigenvalue weighted by Crippen LogP contribution is 2.50. The van der Waals surface area contributed by atoms with E-state index in [0.717, 1.165) is 55.1 Å². The van der Waals surface area contributed by atoms with E-state index in [0.29, 0.717) is 13.2 Å². The van der Waals surface area contributed by atoms with Crippen molar-refractivity contribution in [2.75, 3.05) is 0 Å². The highest BCUT2D eigenvalue weighted by atomic mass is 127. The third-order valence-corrected chi connectivity index (χ3v) is 8.13. The molecular weight excluding hydrogens is 615 g/mol. The summed E-state index contributed by atoms with van der Waals surface area (Å²) in [5.74, 6) is 3.28. The van der Waals surface area contributed by atoms with Gasteiger partial charge in [0.1, 0.15) is 36.2 Å². The monoisotopic (exact) mass is 640 g/mol. The normalized spacial score (nSPS) is 12.4. The minimum absolute atomic E-state index is 0.516. The zero-order valence-electron chi connectivity index (χ0n) is 21.0. The summed E-state index contributed by atoms with van der Waals surface area (Å²) in [6.45, 7) is 1.03. The molecule has 0 atom stereocenters. The van der Waals surface area contributed by atoms with E-state index in [9.17, 15) is 0 Å². The van der Waals surface area contributed by atoms with E-state index in [1.807, 2.05) is 60.7 Å². The van der Waals surface area contributed by atoms with E-state index >= 15 is 0 Å². The Bertz CT molecular complexity index is 1600. The molecule has 0 radical (unpaired) electrons. The van der Waals surface area contributed by atoms with Gasteiger partial charge >= 0.3 is 0 Å². The number of rotatable bonds is 8. The lowest BCUT2D eigenvalue weighted by Crippen LogP contribution is -2.05. The van der Waals surface area contributed by atoms with Crippen molar-refractivity contribution in [3.05, 3.63) is 153 Å². The van der Waals surface area contributed by atoms with Gasteiger partial charge in [-0.15, -0.1) is 0 Å². The number of hydrogen-bond donors (Lipinski definition) is 0. The van der Waals surface area contributed by atoms with Crippen LogP contribution in [-0.4, -0.2) is 0 Å². The van der Waals surface area contributed by atoms with Crippen LogP contribution in [0.25, 0.3) is 10.7 Å². The largest absolute Gasteiger partial charge is 0.489 e. The summed E-state index contributed by atoms with van der Waals surface area (Å²) in [5, 5.41) is 0. The van der Waals surface area contributed by atoms with Crippen LogP contribution in [0.2, 0.25) is 0 Å². The zero-order chi connectivity index (χ0) is 26.4. The van der Waals surface area contributed by atoms with E-state index in [-0.39, 0.29) is 0 Å². The topological polar surface area (TPSA) is 27.7 Å². The molecular formula is C34H25IO3S. The van der Waals surface area contributed by atoms with Crippen LogP contribution in [0.3, 0.4) is 0 Å². The second kappa shape index (κ2) is 12.0. The Hall–Kier alpha value is -3.68. The molecule has 0 saturated heterocycles. The van der Waals surface area contributed by atoms with Gasteiger partial charge in [0.15, 0.2) is 0 Å². The van der Waals surface area contributed by atoms with E-state index in [1.54, 1.807) is 11.8 Å². The maximum atomic E-state index is 6.57. The van der Waals surface area contributed by atoms with Gasteiger partial charge in [0.05, 0.1) is 9.80 Å². The van der Waals surface area contributed by atoms with Gasteiger partial charge in [-0.3, -0.25) is 0 Å². The Morgan fingerprint density at radius 3 is 1.90 bits per heavy atom. The second-order valence-electron chi connectivity index (χ2n) is 9.05. The molecule has 5 aromatic rings. The Labute approximate surface area is 246 Å². The average molecular weight is 641 g/mol. The van der Waals surface area contributed by atoms with Gasteiger partial charge in [-0.1, -0.05) is 96.7 Å². The van der Waals surface area contributed by atoms with Crippen LogP contribution in [0.15, 0.2) is 132 Å².